The van der Waals surface area contributed by atoms with Crippen LogP contribution in [0.25, 0.3) is 10.1 Å². The first-order chi connectivity index (χ1) is 6.77. The molecule has 2 rings (SSSR count). The molecule has 3 heteroatoms. The molecule has 0 spiro atoms. The van der Waals surface area contributed by atoms with E-state index in [1.165, 1.54) is 21.2 Å². The molecule has 0 saturated carbocycles. The van der Waals surface area contributed by atoms with Gasteiger partial charge in [0.15, 0.2) is 0 Å². The molecule has 0 atom stereocenters. The largest absolute Gasteiger partial charge is 0.143 e. The summed E-state index contributed by atoms with van der Waals surface area (Å²) in [6.45, 7) is 2.15. The zero-order chi connectivity index (χ0) is 10.1. The summed E-state index contributed by atoms with van der Waals surface area (Å²) < 4.78 is 1.25. The van der Waals surface area contributed by atoms with Gasteiger partial charge in [0.2, 0.25) is 0 Å². The number of rotatable bonds is 2. The van der Waals surface area contributed by atoms with Crippen molar-refractivity contribution >= 4 is 45.7 Å². The summed E-state index contributed by atoms with van der Waals surface area (Å²) in [5.74, 6) is 0.551. The molecule has 0 aliphatic heterocycles. The Balaban J connectivity index is 2.79. The fourth-order valence-electron chi connectivity index (χ4n) is 1.65. The van der Waals surface area contributed by atoms with Gasteiger partial charge < -0.3 is 0 Å². The topological polar surface area (TPSA) is 0 Å². The zero-order valence-corrected chi connectivity index (χ0v) is 10.3. The molecule has 74 valence electrons. The van der Waals surface area contributed by atoms with Gasteiger partial charge in [-0.05, 0) is 40.4 Å². The quantitative estimate of drug-likeness (QED) is 0.582. The summed E-state index contributed by atoms with van der Waals surface area (Å²) in [5, 5.41) is 3.38. The smallest absolute Gasteiger partial charge is 0.0488 e. The standard InChI is InChI=1S/C11H11ClS2/c1-2-7-5-8-3-4-14-11(8)10(13)9(7)6-12/h3-5,13H,2,6H2,1H3. The Morgan fingerprint density at radius 3 is 2.93 bits per heavy atom. The monoisotopic (exact) mass is 242 g/mol. The van der Waals surface area contributed by atoms with Gasteiger partial charge in [-0.2, -0.15) is 0 Å². The van der Waals surface area contributed by atoms with E-state index in [4.69, 9.17) is 11.6 Å². The summed E-state index contributed by atoms with van der Waals surface area (Å²) >= 11 is 12.2. The van der Waals surface area contributed by atoms with Crippen LogP contribution in [0.1, 0.15) is 18.1 Å². The van der Waals surface area contributed by atoms with E-state index in [0.717, 1.165) is 11.3 Å². The van der Waals surface area contributed by atoms with Gasteiger partial charge in [0.1, 0.15) is 0 Å². The number of fused-ring (bicyclic) bond motifs is 1. The van der Waals surface area contributed by atoms with E-state index < -0.39 is 0 Å². The lowest BCUT2D eigenvalue weighted by Gasteiger charge is -2.08. The van der Waals surface area contributed by atoms with Crippen LogP contribution in [0, 0.1) is 0 Å². The van der Waals surface area contributed by atoms with Gasteiger partial charge in [0.05, 0.1) is 0 Å². The minimum absolute atomic E-state index is 0.551. The molecular formula is C11H11ClS2. The first-order valence-corrected chi connectivity index (χ1v) is 6.41. The highest BCUT2D eigenvalue weighted by Crippen LogP contribution is 2.33. The van der Waals surface area contributed by atoms with Gasteiger partial charge >= 0.3 is 0 Å². The summed E-state index contributed by atoms with van der Waals surface area (Å²) in [7, 11) is 0. The van der Waals surface area contributed by atoms with Gasteiger partial charge in [-0.15, -0.1) is 35.6 Å². The lowest BCUT2D eigenvalue weighted by molar-refractivity contribution is 1.08. The van der Waals surface area contributed by atoms with Crippen molar-refractivity contribution in [1.29, 1.82) is 0 Å². The van der Waals surface area contributed by atoms with Crippen molar-refractivity contribution in [2.24, 2.45) is 0 Å². The Labute approximate surface area is 98.3 Å². The van der Waals surface area contributed by atoms with E-state index in [9.17, 15) is 0 Å². The SMILES string of the molecule is CCc1cc2ccsc2c(S)c1CCl. The number of hydrogen-bond acceptors (Lipinski definition) is 2. The van der Waals surface area contributed by atoms with Crippen LogP contribution < -0.4 is 0 Å². The second-order valence-corrected chi connectivity index (χ2v) is 4.82. The predicted molar refractivity (Wildman–Crippen MR) is 68.0 cm³/mol. The average Bonchev–Trinajstić information content (AvgIpc) is 2.65. The lowest BCUT2D eigenvalue weighted by atomic mass is 10.0. The lowest BCUT2D eigenvalue weighted by Crippen LogP contribution is -1.91. The molecular weight excluding hydrogens is 232 g/mol. The number of benzene rings is 1. The molecule has 0 N–H and O–H groups in total. The Hall–Kier alpha value is -0.180. The van der Waals surface area contributed by atoms with E-state index in [0.29, 0.717) is 5.88 Å². The molecule has 0 saturated heterocycles. The second-order valence-electron chi connectivity index (χ2n) is 3.19. The molecule has 14 heavy (non-hydrogen) atoms. The van der Waals surface area contributed by atoms with E-state index in [1.807, 2.05) is 0 Å². The summed E-state index contributed by atoms with van der Waals surface area (Å²) in [4.78, 5) is 1.06. The highest BCUT2D eigenvalue weighted by Gasteiger charge is 2.09. The Bertz CT molecular complexity index is 460. The first-order valence-electron chi connectivity index (χ1n) is 4.54. The van der Waals surface area contributed by atoms with E-state index in [2.05, 4.69) is 37.1 Å². The van der Waals surface area contributed by atoms with Crippen molar-refractivity contribution in [2.45, 2.75) is 24.1 Å². The minimum Gasteiger partial charge on any atom is -0.143 e. The molecule has 0 amide bonds. The first kappa shape index (κ1) is 10.3. The Morgan fingerprint density at radius 1 is 1.50 bits per heavy atom. The highest BCUT2D eigenvalue weighted by molar-refractivity contribution is 7.80. The molecule has 0 aliphatic carbocycles. The number of thiol groups is 1. The number of alkyl halides is 1. The van der Waals surface area contributed by atoms with E-state index in [1.54, 1.807) is 11.3 Å². The van der Waals surface area contributed by atoms with Crippen molar-refractivity contribution in [3.8, 4) is 0 Å². The summed E-state index contributed by atoms with van der Waals surface area (Å²) in [6.07, 6.45) is 1.02. The molecule has 0 radical (unpaired) electrons. The van der Waals surface area contributed by atoms with E-state index >= 15 is 0 Å². The third-order valence-corrected chi connectivity index (χ3v) is 4.29. The average molecular weight is 243 g/mol. The predicted octanol–water partition coefficient (Wildman–Crippen LogP) is 4.49. The molecule has 2 aromatic rings. The van der Waals surface area contributed by atoms with Crippen LogP contribution in [0.2, 0.25) is 0 Å². The van der Waals surface area contributed by atoms with Crippen molar-refractivity contribution in [2.75, 3.05) is 0 Å². The Kier molecular flexibility index (Phi) is 3.05. The van der Waals surface area contributed by atoms with Gasteiger partial charge in [-0.1, -0.05) is 6.92 Å². The maximum absolute atomic E-state index is 5.94. The third kappa shape index (κ3) is 1.56. The number of aryl methyl sites for hydroxylation is 1. The molecule has 0 fully saturated rings. The maximum atomic E-state index is 5.94. The van der Waals surface area contributed by atoms with Gasteiger partial charge in [-0.25, -0.2) is 0 Å². The number of thiophene rings is 1. The van der Waals surface area contributed by atoms with Crippen molar-refractivity contribution in [3.63, 3.8) is 0 Å². The minimum atomic E-state index is 0.551. The molecule has 0 bridgehead atoms. The van der Waals surface area contributed by atoms with Crippen molar-refractivity contribution in [3.05, 3.63) is 28.6 Å². The molecule has 1 heterocycles. The molecule has 0 unspecified atom stereocenters. The van der Waals surface area contributed by atoms with Crippen LogP contribution in [-0.4, -0.2) is 0 Å². The molecule has 0 aliphatic rings. The highest BCUT2D eigenvalue weighted by atomic mass is 35.5. The normalized spacial score (nSPS) is 11.1. The van der Waals surface area contributed by atoms with Crippen LogP contribution in [0.5, 0.6) is 0 Å². The Morgan fingerprint density at radius 2 is 2.29 bits per heavy atom. The molecule has 1 aromatic heterocycles. The zero-order valence-electron chi connectivity index (χ0n) is 7.88. The van der Waals surface area contributed by atoms with Crippen LogP contribution >= 0.6 is 35.6 Å². The second kappa shape index (κ2) is 4.13. The third-order valence-electron chi connectivity index (χ3n) is 2.43. The van der Waals surface area contributed by atoms with Gasteiger partial charge in [0.25, 0.3) is 0 Å². The number of halogens is 1. The fraction of sp³-hybridized carbons (Fsp3) is 0.273. The molecule has 0 nitrogen and oxygen atoms in total. The number of hydrogen-bond donors (Lipinski definition) is 1. The van der Waals surface area contributed by atoms with E-state index in [-0.39, 0.29) is 0 Å². The van der Waals surface area contributed by atoms with Gasteiger partial charge in [-0.3, -0.25) is 0 Å². The fourth-order valence-corrected chi connectivity index (χ4v) is 3.41. The van der Waals surface area contributed by atoms with Crippen LogP contribution in [0.3, 0.4) is 0 Å². The van der Waals surface area contributed by atoms with Crippen LogP contribution in [0.15, 0.2) is 22.4 Å². The van der Waals surface area contributed by atoms with Crippen LogP contribution in [-0.2, 0) is 12.3 Å². The van der Waals surface area contributed by atoms with Gasteiger partial charge in [0, 0.05) is 15.5 Å². The summed E-state index contributed by atoms with van der Waals surface area (Å²) in [5.41, 5.74) is 2.50. The van der Waals surface area contributed by atoms with Crippen LogP contribution in [0.4, 0.5) is 0 Å². The maximum Gasteiger partial charge on any atom is 0.0488 e. The summed E-state index contributed by atoms with van der Waals surface area (Å²) in [6, 6.07) is 4.36. The van der Waals surface area contributed by atoms with Crippen molar-refractivity contribution < 1.29 is 0 Å². The molecule has 1 aromatic carbocycles. The van der Waals surface area contributed by atoms with Crippen molar-refractivity contribution in [1.82, 2.24) is 0 Å².